The number of hydrogen-bond acceptors (Lipinski definition) is 4. The van der Waals surface area contributed by atoms with Gasteiger partial charge >= 0.3 is 0 Å². The Morgan fingerprint density at radius 3 is 2.59 bits per heavy atom. The van der Waals surface area contributed by atoms with Gasteiger partial charge in [0.05, 0.1) is 15.6 Å². The van der Waals surface area contributed by atoms with Gasteiger partial charge in [0, 0.05) is 25.9 Å². The lowest BCUT2D eigenvalue weighted by atomic mass is 10.1. The van der Waals surface area contributed by atoms with Crippen LogP contribution in [0, 0.1) is 0 Å². The molecule has 27 heavy (non-hydrogen) atoms. The number of halogens is 2. The standard InChI is InChI=1S/C19H16Cl2N2O4/c1-23(2)19(25)13-5-4-12(9-14(13)20)22-17(24)6-3-11-7-15(21)18-16(8-11)26-10-27-18/h3-9H,10H2,1-2H3,(H,22,24). The molecule has 0 aromatic heterocycles. The van der Waals surface area contributed by atoms with E-state index in [1.54, 1.807) is 44.4 Å². The summed E-state index contributed by atoms with van der Waals surface area (Å²) in [7, 11) is 3.28. The quantitative estimate of drug-likeness (QED) is 0.776. The van der Waals surface area contributed by atoms with E-state index in [0.717, 1.165) is 0 Å². The third-order valence-corrected chi connectivity index (χ3v) is 4.34. The summed E-state index contributed by atoms with van der Waals surface area (Å²) in [5.41, 5.74) is 1.54. The van der Waals surface area contributed by atoms with Gasteiger partial charge in [0.1, 0.15) is 0 Å². The summed E-state index contributed by atoms with van der Waals surface area (Å²) in [4.78, 5) is 25.5. The van der Waals surface area contributed by atoms with Crippen LogP contribution in [0.15, 0.2) is 36.4 Å². The first kappa shape index (κ1) is 19.1. The van der Waals surface area contributed by atoms with Crippen LogP contribution in [0.1, 0.15) is 15.9 Å². The zero-order valence-corrected chi connectivity index (χ0v) is 16.1. The number of hydrogen-bond donors (Lipinski definition) is 1. The van der Waals surface area contributed by atoms with Crippen LogP contribution < -0.4 is 14.8 Å². The minimum atomic E-state index is -0.355. The Morgan fingerprint density at radius 2 is 1.89 bits per heavy atom. The van der Waals surface area contributed by atoms with Gasteiger partial charge in [0.15, 0.2) is 11.5 Å². The zero-order valence-electron chi connectivity index (χ0n) is 14.6. The lowest BCUT2D eigenvalue weighted by Crippen LogP contribution is -2.22. The number of amides is 2. The molecule has 0 saturated heterocycles. The minimum absolute atomic E-state index is 0.121. The van der Waals surface area contributed by atoms with Gasteiger partial charge in [0.2, 0.25) is 12.7 Å². The highest BCUT2D eigenvalue weighted by Crippen LogP contribution is 2.40. The Kier molecular flexibility index (Phi) is 5.58. The van der Waals surface area contributed by atoms with Crippen LogP contribution >= 0.6 is 23.2 Å². The fraction of sp³-hybridized carbons (Fsp3) is 0.158. The summed E-state index contributed by atoms with van der Waals surface area (Å²) in [5, 5.41) is 3.37. The molecule has 0 fully saturated rings. The van der Waals surface area contributed by atoms with Gasteiger partial charge in [0.25, 0.3) is 5.91 Å². The van der Waals surface area contributed by atoms with Gasteiger partial charge in [-0.15, -0.1) is 0 Å². The SMILES string of the molecule is CN(C)C(=O)c1ccc(NC(=O)C=Cc2cc(Cl)c3c(c2)OCO3)cc1Cl. The fourth-order valence-corrected chi connectivity index (χ4v) is 2.98. The highest BCUT2D eigenvalue weighted by atomic mass is 35.5. The summed E-state index contributed by atoms with van der Waals surface area (Å²) in [6, 6.07) is 8.13. The van der Waals surface area contributed by atoms with Gasteiger partial charge in [-0.3, -0.25) is 9.59 Å². The second kappa shape index (κ2) is 7.90. The molecular weight excluding hydrogens is 391 g/mol. The molecule has 2 amide bonds. The molecule has 1 aliphatic rings. The summed E-state index contributed by atoms with van der Waals surface area (Å²) < 4.78 is 10.5. The molecule has 0 saturated carbocycles. The molecule has 8 heteroatoms. The average Bonchev–Trinajstić information content (AvgIpc) is 3.08. The van der Waals surface area contributed by atoms with Crippen LogP contribution in [0.4, 0.5) is 5.69 Å². The third-order valence-electron chi connectivity index (χ3n) is 3.75. The molecule has 0 spiro atoms. The minimum Gasteiger partial charge on any atom is -0.454 e. The molecule has 2 aromatic carbocycles. The van der Waals surface area contributed by atoms with Crippen LogP contribution in [0.2, 0.25) is 10.0 Å². The van der Waals surface area contributed by atoms with Gasteiger partial charge in [-0.05, 0) is 42.0 Å². The fourth-order valence-electron chi connectivity index (χ4n) is 2.45. The van der Waals surface area contributed by atoms with E-state index < -0.39 is 0 Å². The van der Waals surface area contributed by atoms with Crippen molar-refractivity contribution in [1.29, 1.82) is 0 Å². The van der Waals surface area contributed by atoms with Crippen LogP contribution in [-0.4, -0.2) is 37.6 Å². The summed E-state index contributed by atoms with van der Waals surface area (Å²) in [6.45, 7) is 0.121. The van der Waals surface area contributed by atoms with Gasteiger partial charge < -0.3 is 19.7 Å². The monoisotopic (exact) mass is 406 g/mol. The molecule has 1 aliphatic heterocycles. The predicted octanol–water partition coefficient (Wildman–Crippen LogP) is 4.08. The van der Waals surface area contributed by atoms with Crippen molar-refractivity contribution in [2.75, 3.05) is 26.2 Å². The molecule has 0 radical (unpaired) electrons. The maximum atomic E-state index is 12.1. The number of ether oxygens (including phenoxy) is 2. The van der Waals surface area contributed by atoms with Crippen molar-refractivity contribution in [2.24, 2.45) is 0 Å². The largest absolute Gasteiger partial charge is 0.454 e. The topological polar surface area (TPSA) is 67.9 Å². The van der Waals surface area contributed by atoms with Crippen LogP contribution in [-0.2, 0) is 4.79 Å². The number of rotatable bonds is 4. The Labute approximate surface area is 166 Å². The molecular formula is C19H16Cl2N2O4. The number of carbonyl (C=O) groups is 2. The molecule has 0 aliphatic carbocycles. The number of fused-ring (bicyclic) bond motifs is 1. The Balaban J connectivity index is 1.69. The van der Waals surface area contributed by atoms with E-state index in [1.807, 2.05) is 0 Å². The summed E-state index contributed by atoms with van der Waals surface area (Å²) in [6.07, 6.45) is 2.97. The third kappa shape index (κ3) is 4.35. The summed E-state index contributed by atoms with van der Waals surface area (Å²) in [5.74, 6) is 0.472. The van der Waals surface area contributed by atoms with Gasteiger partial charge in [-0.2, -0.15) is 0 Å². The van der Waals surface area contributed by atoms with E-state index >= 15 is 0 Å². The van der Waals surface area contributed by atoms with Crippen molar-refractivity contribution in [3.63, 3.8) is 0 Å². The molecule has 6 nitrogen and oxygen atoms in total. The first-order valence-electron chi connectivity index (χ1n) is 7.94. The van der Waals surface area contributed by atoms with Crippen molar-refractivity contribution >= 4 is 46.8 Å². The van der Waals surface area contributed by atoms with Gasteiger partial charge in [-0.1, -0.05) is 23.2 Å². The highest BCUT2D eigenvalue weighted by Gasteiger charge is 2.17. The predicted molar refractivity (Wildman–Crippen MR) is 105 cm³/mol. The Hall–Kier alpha value is -2.70. The molecule has 1 heterocycles. The van der Waals surface area contributed by atoms with E-state index in [9.17, 15) is 9.59 Å². The lowest BCUT2D eigenvalue weighted by Gasteiger charge is -2.12. The first-order valence-corrected chi connectivity index (χ1v) is 8.70. The summed E-state index contributed by atoms with van der Waals surface area (Å²) >= 11 is 12.3. The van der Waals surface area contributed by atoms with E-state index in [2.05, 4.69) is 5.32 Å². The smallest absolute Gasteiger partial charge is 0.254 e. The molecule has 0 bridgehead atoms. The maximum absolute atomic E-state index is 12.1. The number of carbonyl (C=O) groups excluding carboxylic acids is 2. The maximum Gasteiger partial charge on any atom is 0.254 e. The Bertz CT molecular complexity index is 942. The van der Waals surface area contributed by atoms with Crippen LogP contribution in [0.3, 0.4) is 0 Å². The molecule has 0 unspecified atom stereocenters. The molecule has 140 valence electrons. The van der Waals surface area contributed by atoms with Crippen molar-refractivity contribution in [3.8, 4) is 11.5 Å². The zero-order chi connectivity index (χ0) is 19.6. The van der Waals surface area contributed by atoms with Crippen molar-refractivity contribution in [1.82, 2.24) is 4.90 Å². The lowest BCUT2D eigenvalue weighted by molar-refractivity contribution is -0.111. The first-order chi connectivity index (χ1) is 12.8. The normalized spacial score (nSPS) is 12.3. The van der Waals surface area contributed by atoms with Gasteiger partial charge in [-0.25, -0.2) is 0 Å². The van der Waals surface area contributed by atoms with Crippen molar-refractivity contribution < 1.29 is 19.1 Å². The van der Waals surface area contributed by atoms with Crippen molar-refractivity contribution in [3.05, 3.63) is 57.6 Å². The number of nitrogens with zero attached hydrogens (tertiary/aromatic N) is 1. The number of anilines is 1. The molecule has 0 atom stereocenters. The second-order valence-corrected chi connectivity index (χ2v) is 6.77. The molecule has 1 N–H and O–H groups in total. The number of nitrogens with one attached hydrogen (secondary N) is 1. The van der Waals surface area contributed by atoms with Crippen LogP contribution in [0.5, 0.6) is 11.5 Å². The van der Waals surface area contributed by atoms with E-state index in [1.165, 1.54) is 17.0 Å². The average molecular weight is 407 g/mol. The van der Waals surface area contributed by atoms with E-state index in [-0.39, 0.29) is 23.6 Å². The molecule has 3 rings (SSSR count). The molecule has 2 aromatic rings. The highest BCUT2D eigenvalue weighted by molar-refractivity contribution is 6.34. The van der Waals surface area contributed by atoms with E-state index in [0.29, 0.717) is 33.3 Å². The Morgan fingerprint density at radius 1 is 1.11 bits per heavy atom. The second-order valence-electron chi connectivity index (χ2n) is 5.95. The van der Waals surface area contributed by atoms with Crippen LogP contribution in [0.25, 0.3) is 6.08 Å². The van der Waals surface area contributed by atoms with Crippen molar-refractivity contribution in [2.45, 2.75) is 0 Å². The number of benzene rings is 2. The van der Waals surface area contributed by atoms with E-state index in [4.69, 9.17) is 32.7 Å².